The Labute approximate surface area is 131 Å². The van der Waals surface area contributed by atoms with Crippen molar-refractivity contribution in [3.63, 3.8) is 0 Å². The Morgan fingerprint density at radius 1 is 1.32 bits per heavy atom. The van der Waals surface area contributed by atoms with E-state index >= 15 is 0 Å². The summed E-state index contributed by atoms with van der Waals surface area (Å²) in [6.07, 6.45) is 3.70. The third kappa shape index (κ3) is 3.67. The van der Waals surface area contributed by atoms with Gasteiger partial charge in [-0.15, -0.1) is 0 Å². The fourth-order valence-electron chi connectivity index (χ4n) is 3.08. The number of para-hydroxylation sites is 2. The number of nitrogens with zero attached hydrogens (tertiary/aromatic N) is 3. The highest BCUT2D eigenvalue weighted by Crippen LogP contribution is 2.21. The van der Waals surface area contributed by atoms with E-state index in [4.69, 9.17) is 0 Å². The number of likely N-dealkylation sites (N-methyl/N-ethyl adjacent to an activating group) is 1. The Balaban J connectivity index is 1.47. The highest BCUT2D eigenvalue weighted by atomic mass is 32.2. The molecule has 0 amide bonds. The van der Waals surface area contributed by atoms with E-state index in [-0.39, 0.29) is 0 Å². The maximum atomic E-state index is 11.5. The van der Waals surface area contributed by atoms with Crippen molar-refractivity contribution in [3.05, 3.63) is 30.6 Å². The molecule has 2 aromatic rings. The first-order valence-electron chi connectivity index (χ1n) is 7.82. The second kappa shape index (κ2) is 6.38. The summed E-state index contributed by atoms with van der Waals surface area (Å²) in [6, 6.07) is 8.15. The zero-order chi connectivity index (χ0) is 15.6. The third-order valence-corrected chi connectivity index (χ3v) is 6.33. The van der Waals surface area contributed by atoms with Crippen molar-refractivity contribution in [2.24, 2.45) is 5.92 Å². The Morgan fingerprint density at radius 3 is 2.91 bits per heavy atom. The fraction of sp³-hybridized carbons (Fsp3) is 0.562. The van der Waals surface area contributed by atoms with Crippen LogP contribution in [-0.2, 0) is 16.4 Å². The van der Waals surface area contributed by atoms with Crippen LogP contribution < -0.4 is 0 Å². The second-order valence-corrected chi connectivity index (χ2v) is 8.52. The Bertz CT molecular complexity index is 739. The van der Waals surface area contributed by atoms with Crippen LogP contribution in [0.4, 0.5) is 0 Å². The molecule has 2 heterocycles. The lowest BCUT2D eigenvalue weighted by Crippen LogP contribution is -2.26. The summed E-state index contributed by atoms with van der Waals surface area (Å²) in [4.78, 5) is 6.68. The van der Waals surface area contributed by atoms with Crippen LogP contribution in [0.1, 0.15) is 12.8 Å². The molecule has 1 aromatic carbocycles. The zero-order valence-electron chi connectivity index (χ0n) is 13.0. The fourth-order valence-corrected chi connectivity index (χ4v) is 4.99. The molecular weight excluding hydrogens is 298 g/mol. The number of benzene rings is 1. The first-order valence-corrected chi connectivity index (χ1v) is 9.64. The van der Waals surface area contributed by atoms with Gasteiger partial charge >= 0.3 is 0 Å². The first-order chi connectivity index (χ1) is 10.5. The highest BCUT2D eigenvalue weighted by Gasteiger charge is 2.27. The molecule has 1 aromatic heterocycles. The summed E-state index contributed by atoms with van der Waals surface area (Å²) < 4.78 is 25.1. The smallest absolute Gasteiger partial charge is 0.150 e. The number of aromatic nitrogens is 2. The second-order valence-electron chi connectivity index (χ2n) is 6.29. The predicted octanol–water partition coefficient (Wildman–Crippen LogP) is 1.79. The molecule has 1 atom stereocenters. The topological polar surface area (TPSA) is 55.2 Å². The molecule has 0 bridgehead atoms. The minimum atomic E-state index is -2.75. The third-order valence-electron chi connectivity index (χ3n) is 4.50. The van der Waals surface area contributed by atoms with Gasteiger partial charge in [-0.2, -0.15) is 0 Å². The van der Waals surface area contributed by atoms with Gasteiger partial charge in [0.15, 0.2) is 9.84 Å². The van der Waals surface area contributed by atoms with Crippen molar-refractivity contribution in [3.8, 4) is 0 Å². The summed E-state index contributed by atoms with van der Waals surface area (Å²) in [5.41, 5.74) is 2.19. The van der Waals surface area contributed by atoms with Crippen LogP contribution in [0.3, 0.4) is 0 Å². The molecule has 0 aliphatic carbocycles. The molecular formula is C16H23N3O2S. The molecule has 5 nitrogen and oxygen atoms in total. The summed E-state index contributed by atoms with van der Waals surface area (Å²) >= 11 is 0. The van der Waals surface area contributed by atoms with Crippen molar-refractivity contribution in [1.82, 2.24) is 14.5 Å². The molecule has 6 heteroatoms. The SMILES string of the molecule is CN(CCC1CCS(=O)(=O)C1)CCn1cnc2ccccc21. The number of sulfone groups is 1. The van der Waals surface area contributed by atoms with Crippen molar-refractivity contribution >= 4 is 20.9 Å². The number of rotatable bonds is 6. The molecule has 1 saturated heterocycles. The molecule has 3 rings (SSSR count). The maximum Gasteiger partial charge on any atom is 0.150 e. The minimum absolute atomic E-state index is 0.349. The van der Waals surface area contributed by atoms with Crippen LogP contribution in [0.25, 0.3) is 11.0 Å². The summed E-state index contributed by atoms with van der Waals surface area (Å²) in [5.74, 6) is 1.11. The lowest BCUT2D eigenvalue weighted by molar-refractivity contribution is 0.296. The molecule has 1 aliphatic heterocycles. The van der Waals surface area contributed by atoms with Crippen LogP contribution in [-0.4, -0.2) is 54.5 Å². The lowest BCUT2D eigenvalue weighted by Gasteiger charge is -2.18. The van der Waals surface area contributed by atoms with Gasteiger partial charge in [0, 0.05) is 13.1 Å². The van der Waals surface area contributed by atoms with Gasteiger partial charge in [-0.3, -0.25) is 0 Å². The van der Waals surface area contributed by atoms with Crippen LogP contribution in [0, 0.1) is 5.92 Å². The minimum Gasteiger partial charge on any atom is -0.329 e. The molecule has 0 saturated carbocycles. The number of hydrogen-bond donors (Lipinski definition) is 0. The summed E-state index contributed by atoms with van der Waals surface area (Å²) in [5, 5.41) is 0. The van der Waals surface area contributed by atoms with Gasteiger partial charge in [-0.05, 0) is 44.5 Å². The standard InChI is InChI=1S/C16H23N3O2S/c1-18(8-6-14-7-11-22(20,21)12-14)9-10-19-13-17-15-4-2-3-5-16(15)19/h2-5,13-14H,6-12H2,1H3. The monoisotopic (exact) mass is 321 g/mol. The molecule has 1 unspecified atom stereocenters. The van der Waals surface area contributed by atoms with E-state index in [9.17, 15) is 8.42 Å². The lowest BCUT2D eigenvalue weighted by atomic mass is 10.1. The van der Waals surface area contributed by atoms with Gasteiger partial charge in [-0.25, -0.2) is 13.4 Å². The molecule has 0 radical (unpaired) electrons. The van der Waals surface area contributed by atoms with Gasteiger partial charge < -0.3 is 9.47 Å². The summed E-state index contributed by atoms with van der Waals surface area (Å²) in [7, 11) is -0.647. The normalized spacial score (nSPS) is 20.9. The van der Waals surface area contributed by atoms with Crippen LogP contribution in [0.2, 0.25) is 0 Å². The Kier molecular flexibility index (Phi) is 4.49. The molecule has 22 heavy (non-hydrogen) atoms. The summed E-state index contributed by atoms with van der Waals surface area (Å²) in [6.45, 7) is 2.80. The van der Waals surface area contributed by atoms with E-state index in [1.807, 2.05) is 24.5 Å². The Hall–Kier alpha value is -1.40. The molecule has 1 aliphatic rings. The van der Waals surface area contributed by atoms with Crippen LogP contribution in [0.5, 0.6) is 0 Å². The van der Waals surface area contributed by atoms with E-state index in [1.54, 1.807) is 0 Å². The number of hydrogen-bond acceptors (Lipinski definition) is 4. The van der Waals surface area contributed by atoms with Crippen molar-refractivity contribution in [2.75, 3.05) is 31.6 Å². The average molecular weight is 321 g/mol. The highest BCUT2D eigenvalue weighted by molar-refractivity contribution is 7.91. The molecule has 0 N–H and O–H groups in total. The van der Waals surface area contributed by atoms with Gasteiger partial charge in [0.25, 0.3) is 0 Å². The molecule has 1 fully saturated rings. The van der Waals surface area contributed by atoms with E-state index < -0.39 is 9.84 Å². The molecule has 0 spiro atoms. The largest absolute Gasteiger partial charge is 0.329 e. The average Bonchev–Trinajstić information content (AvgIpc) is 3.06. The van der Waals surface area contributed by atoms with Crippen molar-refractivity contribution in [2.45, 2.75) is 19.4 Å². The van der Waals surface area contributed by atoms with Crippen LogP contribution in [0.15, 0.2) is 30.6 Å². The van der Waals surface area contributed by atoms with Crippen molar-refractivity contribution < 1.29 is 8.42 Å². The predicted molar refractivity (Wildman–Crippen MR) is 88.6 cm³/mol. The van der Waals surface area contributed by atoms with Gasteiger partial charge in [0.05, 0.1) is 28.9 Å². The number of imidazole rings is 1. The number of fused-ring (bicyclic) bond motifs is 1. The van der Waals surface area contributed by atoms with Gasteiger partial charge in [0.2, 0.25) is 0 Å². The first kappa shape index (κ1) is 15.5. The van der Waals surface area contributed by atoms with Crippen molar-refractivity contribution in [1.29, 1.82) is 0 Å². The quantitative estimate of drug-likeness (QED) is 0.814. The van der Waals surface area contributed by atoms with E-state index in [1.165, 1.54) is 0 Å². The maximum absolute atomic E-state index is 11.5. The molecule has 120 valence electrons. The van der Waals surface area contributed by atoms with Gasteiger partial charge in [0.1, 0.15) is 0 Å². The zero-order valence-corrected chi connectivity index (χ0v) is 13.8. The van der Waals surface area contributed by atoms with E-state index in [0.717, 1.165) is 43.5 Å². The van der Waals surface area contributed by atoms with E-state index in [0.29, 0.717) is 17.4 Å². The van der Waals surface area contributed by atoms with E-state index in [2.05, 4.69) is 27.6 Å². The van der Waals surface area contributed by atoms with Crippen LogP contribution >= 0.6 is 0 Å². The Morgan fingerprint density at radius 2 is 2.14 bits per heavy atom. The van der Waals surface area contributed by atoms with Gasteiger partial charge in [-0.1, -0.05) is 12.1 Å².